The Morgan fingerprint density at radius 1 is 1.24 bits per heavy atom. The molecule has 1 aliphatic heterocycles. The summed E-state index contributed by atoms with van der Waals surface area (Å²) in [6.07, 6.45) is 9.29. The molecule has 21 heavy (non-hydrogen) atoms. The minimum atomic E-state index is -0.265. The Balaban J connectivity index is 1.83. The highest BCUT2D eigenvalue weighted by atomic mass is 16.5. The van der Waals surface area contributed by atoms with Gasteiger partial charge in [0, 0.05) is 18.2 Å². The number of hydrogen-bond donors (Lipinski definition) is 1. The Bertz CT molecular complexity index is 470. The molecule has 3 heteroatoms. The van der Waals surface area contributed by atoms with Gasteiger partial charge in [-0.25, -0.2) is 4.79 Å². The molecule has 1 aromatic rings. The molecule has 0 radical (unpaired) electrons. The Morgan fingerprint density at radius 3 is 2.76 bits per heavy atom. The predicted octanol–water partition coefficient (Wildman–Crippen LogP) is 4.73. The van der Waals surface area contributed by atoms with E-state index in [0.29, 0.717) is 11.5 Å². The topological polar surface area (TPSA) is 38.3 Å². The fourth-order valence-electron chi connectivity index (χ4n) is 3.08. The molecular formula is C18H27NO2. The van der Waals surface area contributed by atoms with Gasteiger partial charge in [-0.05, 0) is 24.1 Å². The monoisotopic (exact) mass is 289 g/mol. The first kappa shape index (κ1) is 15.9. The average molecular weight is 289 g/mol. The van der Waals surface area contributed by atoms with Crippen LogP contribution in [-0.4, -0.2) is 19.6 Å². The fourth-order valence-corrected chi connectivity index (χ4v) is 3.08. The number of esters is 1. The molecule has 2 rings (SSSR count). The molecule has 0 amide bonds. The number of carbonyl (C=O) groups excluding carboxylic acids is 1. The molecule has 0 saturated carbocycles. The highest BCUT2D eigenvalue weighted by Gasteiger charge is 2.22. The molecule has 1 aromatic carbocycles. The number of benzene rings is 1. The summed E-state index contributed by atoms with van der Waals surface area (Å²) in [5, 5.41) is 3.42. The van der Waals surface area contributed by atoms with Gasteiger partial charge in [0.2, 0.25) is 0 Å². The molecule has 0 aromatic heterocycles. The van der Waals surface area contributed by atoms with Gasteiger partial charge in [0.05, 0.1) is 12.7 Å². The first-order valence-corrected chi connectivity index (χ1v) is 8.22. The summed E-state index contributed by atoms with van der Waals surface area (Å²) in [6, 6.07) is 5.89. The molecule has 0 saturated heterocycles. The molecule has 0 bridgehead atoms. The average Bonchev–Trinajstić information content (AvgIpc) is 2.92. The number of hydrogen-bond acceptors (Lipinski definition) is 3. The second kappa shape index (κ2) is 8.06. The van der Waals surface area contributed by atoms with E-state index in [1.807, 2.05) is 12.1 Å². The van der Waals surface area contributed by atoms with Crippen molar-refractivity contribution in [3.05, 3.63) is 29.3 Å². The predicted molar refractivity (Wildman–Crippen MR) is 87.0 cm³/mol. The van der Waals surface area contributed by atoms with Crippen LogP contribution in [0.3, 0.4) is 0 Å². The van der Waals surface area contributed by atoms with Crippen molar-refractivity contribution in [3.8, 4) is 0 Å². The van der Waals surface area contributed by atoms with E-state index in [0.717, 1.165) is 12.2 Å². The molecule has 1 heterocycles. The summed E-state index contributed by atoms with van der Waals surface area (Å²) in [7, 11) is 1.42. The van der Waals surface area contributed by atoms with Crippen molar-refractivity contribution in [2.75, 3.05) is 19.0 Å². The van der Waals surface area contributed by atoms with Crippen molar-refractivity contribution in [2.45, 2.75) is 57.8 Å². The highest BCUT2D eigenvalue weighted by Crippen LogP contribution is 2.35. The zero-order valence-corrected chi connectivity index (χ0v) is 13.3. The lowest BCUT2D eigenvalue weighted by atomic mass is 9.94. The minimum absolute atomic E-state index is 0.265. The molecule has 0 aliphatic carbocycles. The van der Waals surface area contributed by atoms with E-state index < -0.39 is 0 Å². The number of fused-ring (bicyclic) bond motifs is 1. The van der Waals surface area contributed by atoms with Crippen molar-refractivity contribution in [1.82, 2.24) is 0 Å². The number of unbranched alkanes of at least 4 members (excludes halogenated alkanes) is 5. The number of rotatable bonds is 8. The standard InChI is InChI=1S/C18H27NO2/c1-3-4-5-6-7-8-9-15-13-19-17-12-14(18(20)21-2)10-11-16(15)17/h10-12,15,19H,3-9,13H2,1-2H3. The van der Waals surface area contributed by atoms with Crippen LogP contribution in [0.4, 0.5) is 5.69 Å². The van der Waals surface area contributed by atoms with Gasteiger partial charge in [-0.2, -0.15) is 0 Å². The van der Waals surface area contributed by atoms with Gasteiger partial charge >= 0.3 is 5.97 Å². The maximum Gasteiger partial charge on any atom is 0.337 e. The van der Waals surface area contributed by atoms with Crippen LogP contribution in [0.15, 0.2) is 18.2 Å². The molecule has 0 spiro atoms. The third kappa shape index (κ3) is 4.23. The van der Waals surface area contributed by atoms with Gasteiger partial charge in [0.25, 0.3) is 0 Å². The summed E-state index contributed by atoms with van der Waals surface area (Å²) in [4.78, 5) is 11.5. The fraction of sp³-hybridized carbons (Fsp3) is 0.611. The number of carbonyl (C=O) groups is 1. The van der Waals surface area contributed by atoms with E-state index in [1.165, 1.54) is 57.6 Å². The van der Waals surface area contributed by atoms with Crippen LogP contribution in [0.25, 0.3) is 0 Å². The molecule has 1 unspecified atom stereocenters. The summed E-state index contributed by atoms with van der Waals surface area (Å²) in [5.41, 5.74) is 3.09. The van der Waals surface area contributed by atoms with Crippen LogP contribution in [0.2, 0.25) is 0 Å². The van der Waals surface area contributed by atoms with Gasteiger partial charge in [-0.1, -0.05) is 51.5 Å². The summed E-state index contributed by atoms with van der Waals surface area (Å²) < 4.78 is 4.77. The summed E-state index contributed by atoms with van der Waals surface area (Å²) in [6.45, 7) is 3.25. The molecule has 1 aliphatic rings. The van der Waals surface area contributed by atoms with E-state index in [2.05, 4.69) is 18.3 Å². The van der Waals surface area contributed by atoms with E-state index in [1.54, 1.807) is 0 Å². The highest BCUT2D eigenvalue weighted by molar-refractivity contribution is 5.91. The van der Waals surface area contributed by atoms with Gasteiger partial charge in [-0.15, -0.1) is 0 Å². The quantitative estimate of drug-likeness (QED) is 0.555. The third-order valence-corrected chi connectivity index (χ3v) is 4.36. The molecule has 3 nitrogen and oxygen atoms in total. The first-order valence-electron chi connectivity index (χ1n) is 8.22. The van der Waals surface area contributed by atoms with E-state index in [-0.39, 0.29) is 5.97 Å². The smallest absolute Gasteiger partial charge is 0.337 e. The van der Waals surface area contributed by atoms with Crippen LogP contribution >= 0.6 is 0 Å². The number of nitrogens with one attached hydrogen (secondary N) is 1. The Morgan fingerprint density at radius 2 is 2.00 bits per heavy atom. The largest absolute Gasteiger partial charge is 0.465 e. The van der Waals surface area contributed by atoms with Crippen molar-refractivity contribution < 1.29 is 9.53 Å². The SMILES string of the molecule is CCCCCCCCC1CNc2cc(C(=O)OC)ccc21. The maximum absolute atomic E-state index is 11.5. The number of ether oxygens (including phenoxy) is 1. The van der Waals surface area contributed by atoms with Crippen LogP contribution in [0.5, 0.6) is 0 Å². The number of anilines is 1. The Hall–Kier alpha value is -1.51. The normalized spacial score (nSPS) is 16.4. The van der Waals surface area contributed by atoms with Crippen LogP contribution in [0, 0.1) is 0 Å². The van der Waals surface area contributed by atoms with Crippen molar-refractivity contribution in [2.24, 2.45) is 0 Å². The van der Waals surface area contributed by atoms with Gasteiger partial charge < -0.3 is 10.1 Å². The molecule has 0 fully saturated rings. The lowest BCUT2D eigenvalue weighted by molar-refractivity contribution is 0.0601. The van der Waals surface area contributed by atoms with Crippen LogP contribution in [-0.2, 0) is 4.74 Å². The zero-order chi connectivity index (χ0) is 15.1. The molecular weight excluding hydrogens is 262 g/mol. The van der Waals surface area contributed by atoms with Crippen molar-refractivity contribution >= 4 is 11.7 Å². The van der Waals surface area contributed by atoms with Crippen molar-refractivity contribution in [3.63, 3.8) is 0 Å². The van der Waals surface area contributed by atoms with Gasteiger partial charge in [0.15, 0.2) is 0 Å². The lowest BCUT2D eigenvalue weighted by Crippen LogP contribution is -2.01. The summed E-state index contributed by atoms with van der Waals surface area (Å²) >= 11 is 0. The van der Waals surface area contributed by atoms with Crippen LogP contribution < -0.4 is 5.32 Å². The van der Waals surface area contributed by atoms with Gasteiger partial charge in [0.1, 0.15) is 0 Å². The first-order chi connectivity index (χ1) is 10.3. The second-order valence-electron chi connectivity index (χ2n) is 5.93. The van der Waals surface area contributed by atoms with Gasteiger partial charge in [-0.3, -0.25) is 0 Å². The molecule has 1 atom stereocenters. The van der Waals surface area contributed by atoms with Crippen LogP contribution in [0.1, 0.15) is 73.7 Å². The second-order valence-corrected chi connectivity index (χ2v) is 5.93. The van der Waals surface area contributed by atoms with E-state index in [9.17, 15) is 4.79 Å². The molecule has 1 N–H and O–H groups in total. The lowest BCUT2D eigenvalue weighted by Gasteiger charge is -2.10. The molecule has 116 valence electrons. The van der Waals surface area contributed by atoms with E-state index >= 15 is 0 Å². The summed E-state index contributed by atoms with van der Waals surface area (Å²) in [5.74, 6) is 0.330. The zero-order valence-electron chi connectivity index (χ0n) is 13.3. The minimum Gasteiger partial charge on any atom is -0.465 e. The van der Waals surface area contributed by atoms with Crippen molar-refractivity contribution in [1.29, 1.82) is 0 Å². The number of methoxy groups -OCH3 is 1. The Kier molecular flexibility index (Phi) is 6.09. The van der Waals surface area contributed by atoms with E-state index in [4.69, 9.17) is 4.74 Å². The Labute approximate surface area is 128 Å². The third-order valence-electron chi connectivity index (χ3n) is 4.36. The maximum atomic E-state index is 11.5.